The van der Waals surface area contributed by atoms with Crippen LogP contribution in [0.3, 0.4) is 0 Å². The fourth-order valence-corrected chi connectivity index (χ4v) is 5.47. The average Bonchev–Trinajstić information content (AvgIpc) is 3.48. The molecule has 0 saturated carbocycles. The van der Waals surface area contributed by atoms with Gasteiger partial charge in [-0.3, -0.25) is 14.8 Å². The Morgan fingerprint density at radius 2 is 1.02 bits per heavy atom. The highest BCUT2D eigenvalue weighted by molar-refractivity contribution is 6.63. The molecule has 316 valence electrons. The average molecular weight is 830 g/mol. The zero-order chi connectivity index (χ0) is 44.5. The Kier molecular flexibility index (Phi) is 13.4. The SMILES string of the molecule is Cc1ccc(N)cc1B1OC(C)(C)C(C)(C)O1.Cc1ccc(NC(=O)c2ccnc(C(F)(F)F)c2)cc1B1OC(C)(C)C(C)(C)O1.O=C(O)c1ccnc(C(F)(F)F)c1. The Morgan fingerprint density at radius 3 is 1.44 bits per heavy atom. The number of nitrogens with two attached hydrogens (primary N) is 1. The molecule has 6 rings (SSSR count). The minimum Gasteiger partial charge on any atom is -0.478 e. The number of amides is 1. The molecule has 0 aliphatic carbocycles. The van der Waals surface area contributed by atoms with Crippen LogP contribution in [0.1, 0.15) is 98.6 Å². The quantitative estimate of drug-likeness (QED) is 0.104. The van der Waals surface area contributed by atoms with Crippen LogP contribution in [0.25, 0.3) is 0 Å². The number of carboxylic acid groups (broad SMARTS) is 1. The number of hydrogen-bond donors (Lipinski definition) is 3. The first kappa shape index (κ1) is 46.7. The lowest BCUT2D eigenvalue weighted by Crippen LogP contribution is -2.41. The number of nitrogens with zero attached hydrogens (tertiary/aromatic N) is 2. The first-order chi connectivity index (χ1) is 26.9. The number of benzene rings is 2. The summed E-state index contributed by atoms with van der Waals surface area (Å²) in [7, 11) is -0.946. The number of aromatic carboxylic acids is 1. The molecule has 59 heavy (non-hydrogen) atoms. The lowest BCUT2D eigenvalue weighted by atomic mass is 9.76. The number of rotatable bonds is 5. The van der Waals surface area contributed by atoms with Crippen LogP contribution < -0.4 is 22.0 Å². The number of nitrogens with one attached hydrogen (secondary N) is 1. The van der Waals surface area contributed by atoms with Gasteiger partial charge in [-0.25, -0.2) is 4.79 Å². The van der Waals surface area contributed by atoms with E-state index in [0.29, 0.717) is 11.8 Å². The van der Waals surface area contributed by atoms with Gasteiger partial charge in [0.15, 0.2) is 0 Å². The van der Waals surface area contributed by atoms with Crippen molar-refractivity contribution in [3.63, 3.8) is 0 Å². The number of aromatic nitrogens is 2. The van der Waals surface area contributed by atoms with Crippen LogP contribution in [0, 0.1) is 13.8 Å². The van der Waals surface area contributed by atoms with Crippen LogP contribution in [0.4, 0.5) is 37.7 Å². The topological polar surface area (TPSA) is 155 Å². The van der Waals surface area contributed by atoms with E-state index in [0.717, 1.165) is 52.3 Å². The van der Waals surface area contributed by atoms with E-state index in [1.54, 1.807) is 18.2 Å². The summed E-state index contributed by atoms with van der Waals surface area (Å²) in [6.07, 6.45) is -7.45. The van der Waals surface area contributed by atoms with Gasteiger partial charge in [0.25, 0.3) is 5.91 Å². The number of carboxylic acids is 1. The summed E-state index contributed by atoms with van der Waals surface area (Å²) in [5, 5.41) is 11.0. The third kappa shape index (κ3) is 11.2. The maximum Gasteiger partial charge on any atom is 0.495 e. The molecular formula is C40H46B2F6N4O7. The molecule has 4 heterocycles. The van der Waals surface area contributed by atoms with Gasteiger partial charge in [0.05, 0.1) is 28.0 Å². The van der Waals surface area contributed by atoms with Crippen molar-refractivity contribution in [1.29, 1.82) is 0 Å². The van der Waals surface area contributed by atoms with Crippen molar-refractivity contribution in [2.45, 2.75) is 104 Å². The standard InChI is InChI=1S/C20H22BF3N2O3.C13H20BNO2.C7H4F3NO2/c1-12-6-7-14(11-15(12)21-28-18(2,3)19(4,5)29-21)26-17(27)13-8-9-25-16(10-13)20(22,23)24;1-9-6-7-10(15)8-11(9)14-16-12(2,3)13(4,5)17-14;8-7(9,10)5-3-4(6(12)13)1-2-11-5/h6-11H,1-5H3,(H,26,27);6-8H,15H2,1-5H3;1-3H,(H,12,13). The molecule has 4 N–H and O–H groups in total. The first-order valence-electron chi connectivity index (χ1n) is 18.2. The van der Waals surface area contributed by atoms with Crippen molar-refractivity contribution in [1.82, 2.24) is 9.97 Å². The van der Waals surface area contributed by atoms with Gasteiger partial charge in [-0.2, -0.15) is 26.3 Å². The predicted molar refractivity (Wildman–Crippen MR) is 212 cm³/mol. The second-order valence-electron chi connectivity index (χ2n) is 16.0. The zero-order valence-electron chi connectivity index (χ0n) is 34.2. The van der Waals surface area contributed by atoms with Gasteiger partial charge in [-0.1, -0.05) is 23.3 Å². The number of carbonyl (C=O) groups is 2. The van der Waals surface area contributed by atoms with E-state index in [-0.39, 0.29) is 23.9 Å². The minimum atomic E-state index is -4.62. The van der Waals surface area contributed by atoms with Gasteiger partial charge in [0, 0.05) is 29.3 Å². The van der Waals surface area contributed by atoms with Crippen LogP contribution >= 0.6 is 0 Å². The van der Waals surface area contributed by atoms with Crippen LogP contribution in [-0.4, -0.2) is 63.6 Å². The van der Waals surface area contributed by atoms with E-state index in [2.05, 4.69) is 43.0 Å². The molecular weight excluding hydrogens is 784 g/mol. The summed E-state index contributed by atoms with van der Waals surface area (Å²) in [4.78, 5) is 29.0. The van der Waals surface area contributed by atoms with E-state index in [1.165, 1.54) is 6.07 Å². The fraction of sp³-hybridized carbons (Fsp3) is 0.400. The summed E-state index contributed by atoms with van der Waals surface area (Å²) in [5.74, 6) is -2.07. The van der Waals surface area contributed by atoms with Crippen LogP contribution in [-0.2, 0) is 31.0 Å². The van der Waals surface area contributed by atoms with Crippen molar-refractivity contribution in [2.24, 2.45) is 0 Å². The second kappa shape index (κ2) is 16.9. The van der Waals surface area contributed by atoms with Crippen molar-refractivity contribution in [2.75, 3.05) is 11.1 Å². The van der Waals surface area contributed by atoms with Gasteiger partial charge in [0.1, 0.15) is 11.4 Å². The molecule has 0 unspecified atom stereocenters. The van der Waals surface area contributed by atoms with Crippen LogP contribution in [0.5, 0.6) is 0 Å². The Labute approximate surface area is 339 Å². The summed E-state index contributed by atoms with van der Waals surface area (Å²) in [5.41, 5.74) is 6.24. The number of carbonyl (C=O) groups excluding carboxylic acids is 1. The van der Waals surface area contributed by atoms with E-state index >= 15 is 0 Å². The number of alkyl halides is 6. The van der Waals surface area contributed by atoms with E-state index in [9.17, 15) is 35.9 Å². The summed E-state index contributed by atoms with van der Waals surface area (Å²) in [6, 6.07) is 14.4. The van der Waals surface area contributed by atoms with Crippen molar-refractivity contribution in [3.8, 4) is 0 Å². The van der Waals surface area contributed by atoms with Crippen molar-refractivity contribution in [3.05, 3.63) is 107 Å². The normalized spacial score (nSPS) is 17.6. The molecule has 0 radical (unpaired) electrons. The van der Waals surface area contributed by atoms with E-state index < -0.39 is 59.5 Å². The summed E-state index contributed by atoms with van der Waals surface area (Å²) < 4.78 is 98.6. The molecule has 11 nitrogen and oxygen atoms in total. The molecule has 2 aromatic heterocycles. The lowest BCUT2D eigenvalue weighted by molar-refractivity contribution is -0.142. The van der Waals surface area contributed by atoms with Gasteiger partial charge >= 0.3 is 32.6 Å². The lowest BCUT2D eigenvalue weighted by Gasteiger charge is -2.32. The Balaban J connectivity index is 0.000000216. The monoisotopic (exact) mass is 830 g/mol. The number of hydrogen-bond acceptors (Lipinski definition) is 9. The highest BCUT2D eigenvalue weighted by Gasteiger charge is 2.53. The van der Waals surface area contributed by atoms with E-state index in [1.807, 2.05) is 59.7 Å². The molecule has 2 aromatic carbocycles. The number of aryl methyl sites for hydroxylation is 2. The molecule has 0 bridgehead atoms. The second-order valence-corrected chi connectivity index (χ2v) is 16.0. The molecule has 1 amide bonds. The molecule has 2 saturated heterocycles. The number of nitrogen functional groups attached to an aromatic ring is 1. The first-order valence-corrected chi connectivity index (χ1v) is 18.2. The molecule has 2 aliphatic rings. The third-order valence-corrected chi connectivity index (χ3v) is 10.5. The largest absolute Gasteiger partial charge is 0.495 e. The maximum absolute atomic E-state index is 12.8. The highest BCUT2D eigenvalue weighted by Crippen LogP contribution is 2.38. The maximum atomic E-state index is 12.8. The third-order valence-electron chi connectivity index (χ3n) is 10.5. The number of anilines is 2. The Bertz CT molecular complexity index is 2150. The number of pyridine rings is 2. The summed E-state index contributed by atoms with van der Waals surface area (Å²) >= 11 is 0. The molecule has 4 aromatic rings. The van der Waals surface area contributed by atoms with E-state index in [4.69, 9.17) is 29.5 Å². The van der Waals surface area contributed by atoms with Crippen molar-refractivity contribution >= 4 is 48.4 Å². The molecule has 19 heteroatoms. The Hall–Kier alpha value is -4.97. The molecule has 2 fully saturated rings. The van der Waals surface area contributed by atoms with Gasteiger partial charge in [0.2, 0.25) is 0 Å². The predicted octanol–water partition coefficient (Wildman–Crippen LogP) is 7.64. The fourth-order valence-electron chi connectivity index (χ4n) is 5.47. The minimum absolute atomic E-state index is 0.134. The molecule has 2 aliphatic heterocycles. The smallest absolute Gasteiger partial charge is 0.478 e. The molecule has 0 spiro atoms. The molecule has 0 atom stereocenters. The summed E-state index contributed by atoms with van der Waals surface area (Å²) in [6.45, 7) is 19.9. The van der Waals surface area contributed by atoms with Gasteiger partial charge in [-0.05, 0) is 129 Å². The van der Waals surface area contributed by atoms with Crippen LogP contribution in [0.15, 0.2) is 73.1 Å². The van der Waals surface area contributed by atoms with Crippen molar-refractivity contribution < 1.29 is 59.7 Å². The Morgan fingerprint density at radius 1 is 0.627 bits per heavy atom. The zero-order valence-corrected chi connectivity index (χ0v) is 34.2. The van der Waals surface area contributed by atoms with Gasteiger partial charge in [-0.15, -0.1) is 0 Å². The van der Waals surface area contributed by atoms with Crippen LogP contribution in [0.2, 0.25) is 0 Å². The number of halogens is 6. The van der Waals surface area contributed by atoms with Gasteiger partial charge < -0.3 is 34.8 Å². The highest BCUT2D eigenvalue weighted by atomic mass is 19.4.